The van der Waals surface area contributed by atoms with Crippen LogP contribution in [0.5, 0.6) is 0 Å². The molecule has 5 rings (SSSR count). The summed E-state index contributed by atoms with van der Waals surface area (Å²) in [4.78, 5) is 7.29. The number of aryl methyl sites for hydroxylation is 2. The minimum atomic E-state index is 0.753. The normalized spacial score (nSPS) is 14.3. The molecule has 0 radical (unpaired) electrons. The fourth-order valence-electron chi connectivity index (χ4n) is 4.69. The number of nitrogens with one attached hydrogen (secondary N) is 1. The molecular formula is C28H29N3S. The van der Waals surface area contributed by atoms with Crippen LogP contribution in [0.25, 0.3) is 16.2 Å². The SMILES string of the molecule is Cc1cc(C)n2c(NCC3CCCCC3)c(-c3ccc(C#Cc4ccccc4)s3)nc2c1. The molecule has 1 N–H and O–H groups in total. The molecule has 1 aliphatic rings. The molecule has 3 aromatic heterocycles. The Balaban J connectivity index is 1.49. The third-order valence-corrected chi connectivity index (χ3v) is 7.28. The molecule has 0 aliphatic heterocycles. The van der Waals surface area contributed by atoms with E-state index < -0.39 is 0 Å². The second-order valence-electron chi connectivity index (χ2n) is 8.84. The Morgan fingerprint density at radius 3 is 2.62 bits per heavy atom. The summed E-state index contributed by atoms with van der Waals surface area (Å²) in [5, 5.41) is 3.80. The molecule has 3 nitrogen and oxygen atoms in total. The van der Waals surface area contributed by atoms with Gasteiger partial charge in [0.05, 0.1) is 9.75 Å². The molecule has 0 bridgehead atoms. The van der Waals surface area contributed by atoms with Gasteiger partial charge < -0.3 is 5.32 Å². The van der Waals surface area contributed by atoms with Gasteiger partial charge >= 0.3 is 0 Å². The standard InChI is InChI=1S/C28H29N3S/c1-20-17-21(2)31-26(18-20)30-27(28(31)29-19-23-11-7-4-8-12-23)25-16-15-24(32-25)14-13-22-9-5-3-6-10-22/h3,5-6,9-10,15-18,23,29H,4,7-8,11-12,19H2,1-2H3. The van der Waals surface area contributed by atoms with Crippen LogP contribution in [0.3, 0.4) is 0 Å². The maximum atomic E-state index is 5.06. The first-order valence-electron chi connectivity index (χ1n) is 11.6. The third-order valence-electron chi connectivity index (χ3n) is 6.28. The third kappa shape index (κ3) is 4.45. The van der Waals surface area contributed by atoms with Crippen molar-refractivity contribution in [3.63, 3.8) is 0 Å². The Bertz CT molecular complexity index is 1280. The lowest BCUT2D eigenvalue weighted by molar-refractivity contribution is 0.373. The molecular weight excluding hydrogens is 410 g/mol. The summed E-state index contributed by atoms with van der Waals surface area (Å²) < 4.78 is 2.28. The van der Waals surface area contributed by atoms with Crippen molar-refractivity contribution in [2.75, 3.05) is 11.9 Å². The maximum Gasteiger partial charge on any atom is 0.139 e. The van der Waals surface area contributed by atoms with Crippen LogP contribution in [0.4, 0.5) is 5.82 Å². The number of benzene rings is 1. The molecule has 4 heteroatoms. The van der Waals surface area contributed by atoms with Gasteiger partial charge in [0, 0.05) is 17.8 Å². The molecule has 1 aromatic carbocycles. The van der Waals surface area contributed by atoms with Gasteiger partial charge in [0.2, 0.25) is 0 Å². The first-order valence-corrected chi connectivity index (χ1v) is 12.4. The molecule has 4 aromatic rings. The van der Waals surface area contributed by atoms with Crippen LogP contribution in [0.15, 0.2) is 54.6 Å². The van der Waals surface area contributed by atoms with E-state index in [1.807, 2.05) is 30.3 Å². The highest BCUT2D eigenvalue weighted by molar-refractivity contribution is 7.16. The number of rotatable bonds is 4. The number of hydrogen-bond donors (Lipinski definition) is 1. The van der Waals surface area contributed by atoms with Crippen LogP contribution >= 0.6 is 11.3 Å². The molecule has 1 aliphatic carbocycles. The van der Waals surface area contributed by atoms with E-state index in [-0.39, 0.29) is 0 Å². The van der Waals surface area contributed by atoms with Gasteiger partial charge in [-0.2, -0.15) is 0 Å². The van der Waals surface area contributed by atoms with Crippen molar-refractivity contribution in [2.45, 2.75) is 46.0 Å². The van der Waals surface area contributed by atoms with Gasteiger partial charge in [0.15, 0.2) is 0 Å². The van der Waals surface area contributed by atoms with Crippen LogP contribution in [0, 0.1) is 31.6 Å². The Morgan fingerprint density at radius 1 is 1.00 bits per heavy atom. The summed E-state index contributed by atoms with van der Waals surface area (Å²) in [6.07, 6.45) is 6.76. The van der Waals surface area contributed by atoms with Crippen LogP contribution in [-0.4, -0.2) is 15.9 Å². The summed E-state index contributed by atoms with van der Waals surface area (Å²) in [7, 11) is 0. The van der Waals surface area contributed by atoms with Crippen LogP contribution in [0.1, 0.15) is 53.8 Å². The first-order chi connectivity index (χ1) is 15.7. The van der Waals surface area contributed by atoms with E-state index in [1.165, 1.54) is 43.4 Å². The number of thiophene rings is 1. The van der Waals surface area contributed by atoms with Crippen molar-refractivity contribution >= 4 is 22.8 Å². The number of hydrogen-bond acceptors (Lipinski definition) is 3. The first kappa shape index (κ1) is 20.8. The topological polar surface area (TPSA) is 29.3 Å². The van der Waals surface area contributed by atoms with Crippen LogP contribution < -0.4 is 5.32 Å². The van der Waals surface area contributed by atoms with Crippen molar-refractivity contribution in [1.29, 1.82) is 0 Å². The Labute approximate surface area is 194 Å². The van der Waals surface area contributed by atoms with E-state index in [4.69, 9.17) is 4.98 Å². The lowest BCUT2D eigenvalue weighted by Gasteiger charge is -2.22. The summed E-state index contributed by atoms with van der Waals surface area (Å²) >= 11 is 1.72. The summed E-state index contributed by atoms with van der Waals surface area (Å²) in [6, 6.07) is 18.8. The monoisotopic (exact) mass is 439 g/mol. The predicted octanol–water partition coefficient (Wildman–Crippen LogP) is 7.07. The van der Waals surface area contributed by atoms with Crippen molar-refractivity contribution in [3.8, 4) is 22.4 Å². The highest BCUT2D eigenvalue weighted by atomic mass is 32.1. The van der Waals surface area contributed by atoms with Gasteiger partial charge in [-0.05, 0) is 74.6 Å². The number of anilines is 1. The Morgan fingerprint density at radius 2 is 1.81 bits per heavy atom. The summed E-state index contributed by atoms with van der Waals surface area (Å²) in [6.45, 7) is 5.32. The zero-order valence-electron chi connectivity index (χ0n) is 18.8. The van der Waals surface area contributed by atoms with Gasteiger partial charge in [0.25, 0.3) is 0 Å². The number of fused-ring (bicyclic) bond motifs is 1. The van der Waals surface area contributed by atoms with Crippen molar-refractivity contribution in [1.82, 2.24) is 9.38 Å². The van der Waals surface area contributed by atoms with E-state index in [0.717, 1.165) is 44.9 Å². The fourth-order valence-corrected chi connectivity index (χ4v) is 5.54. The quantitative estimate of drug-likeness (QED) is 0.345. The van der Waals surface area contributed by atoms with Crippen molar-refractivity contribution < 1.29 is 0 Å². The fraction of sp³-hybridized carbons (Fsp3) is 0.321. The smallest absolute Gasteiger partial charge is 0.139 e. The number of pyridine rings is 1. The molecule has 0 atom stereocenters. The molecule has 0 unspecified atom stereocenters. The Kier molecular flexibility index (Phi) is 6.01. The average molecular weight is 440 g/mol. The van der Waals surface area contributed by atoms with Gasteiger partial charge in [-0.3, -0.25) is 4.40 Å². The van der Waals surface area contributed by atoms with Crippen molar-refractivity contribution in [2.24, 2.45) is 5.92 Å². The molecule has 1 saturated carbocycles. The molecule has 0 saturated heterocycles. The van der Waals surface area contributed by atoms with Crippen LogP contribution in [0.2, 0.25) is 0 Å². The lowest BCUT2D eigenvalue weighted by Crippen LogP contribution is -2.18. The molecule has 3 heterocycles. The second-order valence-corrected chi connectivity index (χ2v) is 9.93. The number of aromatic nitrogens is 2. The largest absolute Gasteiger partial charge is 0.369 e. The predicted molar refractivity (Wildman–Crippen MR) is 135 cm³/mol. The minimum Gasteiger partial charge on any atom is -0.369 e. The average Bonchev–Trinajstić information content (AvgIpc) is 3.42. The van der Waals surface area contributed by atoms with E-state index in [2.05, 4.69) is 59.7 Å². The van der Waals surface area contributed by atoms with Gasteiger partial charge in [-0.1, -0.05) is 49.3 Å². The molecule has 1 fully saturated rings. The van der Waals surface area contributed by atoms with Crippen LogP contribution in [-0.2, 0) is 0 Å². The molecule has 32 heavy (non-hydrogen) atoms. The highest BCUT2D eigenvalue weighted by Gasteiger charge is 2.19. The second kappa shape index (κ2) is 9.22. The zero-order chi connectivity index (χ0) is 21.9. The molecule has 0 amide bonds. The summed E-state index contributed by atoms with van der Waals surface area (Å²) in [5.74, 6) is 8.46. The number of imidazole rings is 1. The molecule has 162 valence electrons. The van der Waals surface area contributed by atoms with Gasteiger partial charge in [-0.15, -0.1) is 11.3 Å². The van der Waals surface area contributed by atoms with Gasteiger partial charge in [-0.25, -0.2) is 4.98 Å². The Hall–Kier alpha value is -3.03. The minimum absolute atomic E-state index is 0.753. The zero-order valence-corrected chi connectivity index (χ0v) is 19.6. The van der Waals surface area contributed by atoms with Gasteiger partial charge in [0.1, 0.15) is 17.2 Å². The van der Waals surface area contributed by atoms with E-state index in [0.29, 0.717) is 0 Å². The van der Waals surface area contributed by atoms with E-state index in [9.17, 15) is 0 Å². The molecule has 0 spiro atoms. The lowest BCUT2D eigenvalue weighted by atomic mass is 9.89. The number of nitrogens with zero attached hydrogens (tertiary/aromatic N) is 2. The maximum absolute atomic E-state index is 5.06. The van der Waals surface area contributed by atoms with Crippen molar-refractivity contribution in [3.05, 3.63) is 76.3 Å². The summed E-state index contributed by atoms with van der Waals surface area (Å²) in [5.41, 5.74) is 5.54. The van der Waals surface area contributed by atoms with E-state index >= 15 is 0 Å². The van der Waals surface area contributed by atoms with E-state index in [1.54, 1.807) is 11.3 Å². The highest BCUT2D eigenvalue weighted by Crippen LogP contribution is 2.35.